The second kappa shape index (κ2) is 6.38. The summed E-state index contributed by atoms with van der Waals surface area (Å²) in [4.78, 5) is 11.3. The zero-order valence-electron chi connectivity index (χ0n) is 11.9. The molecule has 0 aliphatic carbocycles. The summed E-state index contributed by atoms with van der Waals surface area (Å²) in [6.45, 7) is 6.78. The molecule has 1 aromatic carbocycles. The number of rotatable bonds is 1. The summed E-state index contributed by atoms with van der Waals surface area (Å²) >= 11 is 0. The first-order chi connectivity index (χ1) is 9.19. The number of hydrogen-bond acceptors (Lipinski definition) is 2. The van der Waals surface area contributed by atoms with E-state index in [-0.39, 0.29) is 12.1 Å². The van der Waals surface area contributed by atoms with Gasteiger partial charge in [-0.05, 0) is 39.3 Å². The summed E-state index contributed by atoms with van der Waals surface area (Å²) in [5.41, 5.74) is -0.178. The Morgan fingerprint density at radius 3 is 2.55 bits per heavy atom. The molecular weight excluding hydrogens is 264 g/mol. The third-order valence-electron chi connectivity index (χ3n) is 2.19. The Morgan fingerprint density at radius 1 is 1.30 bits per heavy atom. The van der Waals surface area contributed by atoms with E-state index in [0.717, 1.165) is 6.07 Å². The van der Waals surface area contributed by atoms with E-state index in [2.05, 4.69) is 17.2 Å². The first-order valence-corrected chi connectivity index (χ1v) is 6.10. The van der Waals surface area contributed by atoms with Gasteiger partial charge in [-0.25, -0.2) is 13.6 Å². The Hall–Kier alpha value is -2.09. The maximum Gasteiger partial charge on any atom is 0.408 e. The van der Waals surface area contributed by atoms with Crippen molar-refractivity contribution in [2.75, 3.05) is 6.54 Å². The number of halogens is 2. The lowest BCUT2D eigenvalue weighted by molar-refractivity contribution is 0.0535. The topological polar surface area (TPSA) is 38.3 Å². The molecule has 20 heavy (non-hydrogen) atoms. The molecule has 0 heterocycles. The summed E-state index contributed by atoms with van der Waals surface area (Å²) in [6, 6.07) is 2.12. The fourth-order valence-electron chi connectivity index (χ4n) is 1.32. The fraction of sp³-hybridized carbons (Fsp3) is 0.400. The van der Waals surface area contributed by atoms with Crippen molar-refractivity contribution in [2.24, 2.45) is 0 Å². The maximum atomic E-state index is 13.4. The second-order valence-electron chi connectivity index (χ2n) is 5.24. The van der Waals surface area contributed by atoms with Crippen molar-refractivity contribution in [1.29, 1.82) is 0 Å². The molecular formula is C15H17F2NO2. The molecule has 0 atom stereocenters. The van der Waals surface area contributed by atoms with Crippen molar-refractivity contribution in [3.8, 4) is 11.8 Å². The van der Waals surface area contributed by atoms with Gasteiger partial charge in [-0.1, -0.05) is 11.8 Å². The predicted octanol–water partition coefficient (Wildman–Crippen LogP) is 3.15. The zero-order chi connectivity index (χ0) is 15.3. The number of amides is 1. The number of ether oxygens (including phenoxy) is 1. The number of alkyl carbamates (subject to hydrolysis) is 1. The molecule has 1 aromatic rings. The van der Waals surface area contributed by atoms with Gasteiger partial charge >= 0.3 is 6.09 Å². The number of benzene rings is 1. The number of nitrogens with one attached hydrogen (secondary N) is 1. The van der Waals surface area contributed by atoms with Crippen LogP contribution in [0.4, 0.5) is 13.6 Å². The molecule has 0 spiro atoms. The molecule has 0 aliphatic heterocycles. The molecule has 1 amide bonds. The molecule has 0 aliphatic rings. The lowest BCUT2D eigenvalue weighted by atomic mass is 10.1. The van der Waals surface area contributed by atoms with Crippen molar-refractivity contribution in [3.05, 3.63) is 34.9 Å². The van der Waals surface area contributed by atoms with E-state index in [1.807, 2.05) is 0 Å². The Morgan fingerprint density at radius 2 is 1.95 bits per heavy atom. The molecule has 0 aromatic heterocycles. The van der Waals surface area contributed by atoms with E-state index in [9.17, 15) is 13.6 Å². The number of carbonyl (C=O) groups is 1. The average Bonchev–Trinajstić information content (AvgIpc) is 2.28. The highest BCUT2D eigenvalue weighted by Gasteiger charge is 2.15. The van der Waals surface area contributed by atoms with Crippen LogP contribution in [0.15, 0.2) is 12.1 Å². The SMILES string of the molecule is Cc1cc(C#CCNC(=O)OC(C)(C)C)c(F)cc1F. The van der Waals surface area contributed by atoms with E-state index < -0.39 is 23.3 Å². The van der Waals surface area contributed by atoms with E-state index in [0.29, 0.717) is 5.56 Å². The highest BCUT2D eigenvalue weighted by Crippen LogP contribution is 2.12. The third-order valence-corrected chi connectivity index (χ3v) is 2.19. The van der Waals surface area contributed by atoms with Crippen LogP contribution in [-0.2, 0) is 4.74 Å². The molecule has 108 valence electrons. The van der Waals surface area contributed by atoms with E-state index in [4.69, 9.17) is 4.74 Å². The third kappa shape index (κ3) is 5.27. The first kappa shape index (κ1) is 16.0. The number of aryl methyl sites for hydroxylation is 1. The normalized spacial score (nSPS) is 10.5. The van der Waals surface area contributed by atoms with Crippen LogP contribution in [0, 0.1) is 30.4 Å². The largest absolute Gasteiger partial charge is 0.444 e. The van der Waals surface area contributed by atoms with Crippen LogP contribution in [0.5, 0.6) is 0 Å². The van der Waals surface area contributed by atoms with E-state index in [1.165, 1.54) is 13.0 Å². The summed E-state index contributed by atoms with van der Waals surface area (Å²) in [6.07, 6.45) is -0.595. The van der Waals surface area contributed by atoms with Gasteiger partial charge in [0.15, 0.2) is 0 Å². The Labute approximate surface area is 117 Å². The zero-order valence-corrected chi connectivity index (χ0v) is 11.9. The van der Waals surface area contributed by atoms with Gasteiger partial charge in [0.1, 0.15) is 17.2 Å². The van der Waals surface area contributed by atoms with Gasteiger partial charge in [-0.15, -0.1) is 0 Å². The summed E-state index contributed by atoms with van der Waals surface area (Å²) < 4.78 is 31.4. The lowest BCUT2D eigenvalue weighted by Crippen LogP contribution is -2.32. The smallest absolute Gasteiger partial charge is 0.408 e. The van der Waals surface area contributed by atoms with Gasteiger partial charge in [0.2, 0.25) is 0 Å². The van der Waals surface area contributed by atoms with Crippen LogP contribution >= 0.6 is 0 Å². The molecule has 3 nitrogen and oxygen atoms in total. The first-order valence-electron chi connectivity index (χ1n) is 6.10. The van der Waals surface area contributed by atoms with Crippen LogP contribution in [0.2, 0.25) is 0 Å². The van der Waals surface area contributed by atoms with E-state index >= 15 is 0 Å². The van der Waals surface area contributed by atoms with Crippen LogP contribution in [0.1, 0.15) is 31.9 Å². The van der Waals surface area contributed by atoms with Gasteiger partial charge in [-0.2, -0.15) is 0 Å². The maximum absolute atomic E-state index is 13.4. The minimum Gasteiger partial charge on any atom is -0.444 e. The standard InChI is InChI=1S/C15H17F2NO2/c1-10-8-11(13(17)9-12(10)16)6-5-7-18-14(19)20-15(2,3)4/h8-9H,7H2,1-4H3,(H,18,19). The molecule has 0 saturated carbocycles. The summed E-state index contributed by atoms with van der Waals surface area (Å²) in [7, 11) is 0. The molecule has 1 rings (SSSR count). The predicted molar refractivity (Wildman–Crippen MR) is 72.2 cm³/mol. The molecule has 0 unspecified atom stereocenters. The van der Waals surface area contributed by atoms with Crippen molar-refractivity contribution in [3.63, 3.8) is 0 Å². The highest BCUT2D eigenvalue weighted by atomic mass is 19.1. The van der Waals surface area contributed by atoms with Crippen molar-refractivity contribution in [2.45, 2.75) is 33.3 Å². The summed E-state index contributed by atoms with van der Waals surface area (Å²) in [5, 5.41) is 2.42. The molecule has 1 N–H and O–H groups in total. The minimum absolute atomic E-state index is 0.0186. The van der Waals surface area contributed by atoms with Crippen LogP contribution in [0.25, 0.3) is 0 Å². The number of hydrogen-bond donors (Lipinski definition) is 1. The quantitative estimate of drug-likeness (QED) is 0.803. The summed E-state index contributed by atoms with van der Waals surface area (Å²) in [5.74, 6) is 3.78. The lowest BCUT2D eigenvalue weighted by Gasteiger charge is -2.19. The van der Waals surface area contributed by atoms with Crippen LogP contribution in [0.3, 0.4) is 0 Å². The molecule has 0 bridgehead atoms. The van der Waals surface area contributed by atoms with Crippen LogP contribution < -0.4 is 5.32 Å². The molecule has 0 radical (unpaired) electrons. The van der Waals surface area contributed by atoms with Gasteiger partial charge in [0, 0.05) is 6.07 Å². The Bertz CT molecular complexity index is 566. The molecule has 0 saturated heterocycles. The Balaban J connectivity index is 2.60. The van der Waals surface area contributed by atoms with Gasteiger partial charge in [0.25, 0.3) is 0 Å². The average molecular weight is 281 g/mol. The van der Waals surface area contributed by atoms with Gasteiger partial charge in [-0.3, -0.25) is 0 Å². The van der Waals surface area contributed by atoms with Crippen LogP contribution in [-0.4, -0.2) is 18.2 Å². The Kier molecular flexibility index (Phi) is 5.09. The minimum atomic E-state index is -0.724. The van der Waals surface area contributed by atoms with Gasteiger partial charge in [0.05, 0.1) is 12.1 Å². The monoisotopic (exact) mass is 281 g/mol. The van der Waals surface area contributed by atoms with Crippen molar-refractivity contribution in [1.82, 2.24) is 5.32 Å². The van der Waals surface area contributed by atoms with E-state index in [1.54, 1.807) is 20.8 Å². The number of carbonyl (C=O) groups excluding carboxylic acids is 1. The fourth-order valence-corrected chi connectivity index (χ4v) is 1.32. The highest BCUT2D eigenvalue weighted by molar-refractivity contribution is 5.68. The molecule has 0 fully saturated rings. The van der Waals surface area contributed by atoms with Crippen molar-refractivity contribution >= 4 is 6.09 Å². The van der Waals surface area contributed by atoms with Crippen molar-refractivity contribution < 1.29 is 18.3 Å². The van der Waals surface area contributed by atoms with Gasteiger partial charge < -0.3 is 10.1 Å². The molecule has 5 heteroatoms. The second-order valence-corrected chi connectivity index (χ2v) is 5.24.